The SMILES string of the molecule is Oc1c(Br)cc(Br)cc1/C=N\NC(=S)Nc1ccccc1. The number of phenolic OH excluding ortho intramolecular Hbond substituents is 1. The Morgan fingerprint density at radius 3 is 2.62 bits per heavy atom. The van der Waals surface area contributed by atoms with Crippen molar-refractivity contribution in [3.63, 3.8) is 0 Å². The molecule has 0 heterocycles. The molecular formula is C14H11Br2N3OS. The Morgan fingerprint density at radius 1 is 1.19 bits per heavy atom. The number of rotatable bonds is 3. The molecule has 0 atom stereocenters. The van der Waals surface area contributed by atoms with Gasteiger partial charge in [-0.05, 0) is 52.4 Å². The molecule has 0 aliphatic carbocycles. The number of anilines is 1. The van der Waals surface area contributed by atoms with Gasteiger partial charge in [-0.25, -0.2) is 0 Å². The van der Waals surface area contributed by atoms with E-state index in [9.17, 15) is 5.11 Å². The maximum atomic E-state index is 9.89. The van der Waals surface area contributed by atoms with Gasteiger partial charge < -0.3 is 10.4 Å². The number of hydrogen-bond donors (Lipinski definition) is 3. The van der Waals surface area contributed by atoms with Crippen molar-refractivity contribution in [3.8, 4) is 5.75 Å². The summed E-state index contributed by atoms with van der Waals surface area (Å²) in [5, 5.41) is 17.2. The Labute approximate surface area is 144 Å². The molecule has 0 amide bonds. The lowest BCUT2D eigenvalue weighted by Gasteiger charge is -2.06. The van der Waals surface area contributed by atoms with E-state index >= 15 is 0 Å². The summed E-state index contributed by atoms with van der Waals surface area (Å²) in [6, 6.07) is 13.0. The summed E-state index contributed by atoms with van der Waals surface area (Å²) in [7, 11) is 0. The van der Waals surface area contributed by atoms with Crippen molar-refractivity contribution < 1.29 is 5.11 Å². The second-order valence-corrected chi connectivity index (χ2v) is 6.19. The van der Waals surface area contributed by atoms with Crippen LogP contribution in [0.3, 0.4) is 0 Å². The minimum absolute atomic E-state index is 0.116. The maximum Gasteiger partial charge on any atom is 0.191 e. The van der Waals surface area contributed by atoms with Crippen LogP contribution in [0.15, 0.2) is 56.5 Å². The molecule has 4 nitrogen and oxygen atoms in total. The Kier molecular flexibility index (Phi) is 5.72. The van der Waals surface area contributed by atoms with Gasteiger partial charge in [-0.1, -0.05) is 34.1 Å². The van der Waals surface area contributed by atoms with E-state index in [1.807, 2.05) is 30.3 Å². The summed E-state index contributed by atoms with van der Waals surface area (Å²) >= 11 is 11.7. The minimum atomic E-state index is 0.116. The lowest BCUT2D eigenvalue weighted by Crippen LogP contribution is -2.23. The van der Waals surface area contributed by atoms with Crippen molar-refractivity contribution in [1.29, 1.82) is 0 Å². The summed E-state index contributed by atoms with van der Waals surface area (Å²) in [6.07, 6.45) is 1.49. The van der Waals surface area contributed by atoms with Crippen LogP contribution in [0.25, 0.3) is 0 Å². The van der Waals surface area contributed by atoms with Gasteiger partial charge in [0.05, 0.1) is 10.7 Å². The Balaban J connectivity index is 1.98. The van der Waals surface area contributed by atoms with Crippen LogP contribution < -0.4 is 10.7 Å². The van der Waals surface area contributed by atoms with Crippen LogP contribution in [-0.4, -0.2) is 16.4 Å². The second-order valence-electron chi connectivity index (χ2n) is 4.02. The number of benzene rings is 2. The fourth-order valence-electron chi connectivity index (χ4n) is 1.53. The third-order valence-electron chi connectivity index (χ3n) is 2.46. The molecule has 0 aliphatic heterocycles. The summed E-state index contributed by atoms with van der Waals surface area (Å²) in [6.45, 7) is 0. The zero-order valence-corrected chi connectivity index (χ0v) is 14.7. The highest BCUT2D eigenvalue weighted by atomic mass is 79.9. The van der Waals surface area contributed by atoms with Gasteiger partial charge in [-0.15, -0.1) is 0 Å². The first-order valence-electron chi connectivity index (χ1n) is 5.89. The Morgan fingerprint density at radius 2 is 1.90 bits per heavy atom. The highest BCUT2D eigenvalue weighted by Crippen LogP contribution is 2.30. The number of hydrogen-bond acceptors (Lipinski definition) is 3. The second kappa shape index (κ2) is 7.53. The van der Waals surface area contributed by atoms with Crippen LogP contribution in [0, 0.1) is 0 Å². The number of thiocarbonyl (C=S) groups is 1. The van der Waals surface area contributed by atoms with Gasteiger partial charge in [0.2, 0.25) is 0 Å². The average Bonchev–Trinajstić information content (AvgIpc) is 2.45. The van der Waals surface area contributed by atoms with Crippen molar-refractivity contribution in [1.82, 2.24) is 5.43 Å². The quantitative estimate of drug-likeness (QED) is 0.388. The van der Waals surface area contributed by atoms with Gasteiger partial charge in [0, 0.05) is 15.7 Å². The fourth-order valence-corrected chi connectivity index (χ4v) is 2.95. The van der Waals surface area contributed by atoms with E-state index in [0.717, 1.165) is 10.2 Å². The minimum Gasteiger partial charge on any atom is -0.506 e. The Hall–Kier alpha value is -1.44. The lowest BCUT2D eigenvalue weighted by molar-refractivity contribution is 0.471. The van der Waals surface area contributed by atoms with Gasteiger partial charge in [0.25, 0.3) is 0 Å². The normalized spacial score (nSPS) is 10.6. The summed E-state index contributed by atoms with van der Waals surface area (Å²) in [5.41, 5.74) is 4.13. The molecule has 21 heavy (non-hydrogen) atoms. The van der Waals surface area contributed by atoms with Gasteiger partial charge in [-0.3, -0.25) is 5.43 Å². The highest BCUT2D eigenvalue weighted by Gasteiger charge is 2.05. The third-order valence-corrected chi connectivity index (χ3v) is 3.71. The molecule has 108 valence electrons. The van der Waals surface area contributed by atoms with Crippen LogP contribution in [0.1, 0.15) is 5.56 Å². The van der Waals surface area contributed by atoms with Crippen LogP contribution in [0.4, 0.5) is 5.69 Å². The molecule has 0 fully saturated rings. The topological polar surface area (TPSA) is 56.7 Å². The predicted molar refractivity (Wildman–Crippen MR) is 96.9 cm³/mol. The van der Waals surface area contributed by atoms with Crippen molar-refractivity contribution in [2.24, 2.45) is 5.10 Å². The van der Waals surface area contributed by atoms with Crippen molar-refractivity contribution in [2.45, 2.75) is 0 Å². The van der Waals surface area contributed by atoms with Crippen molar-refractivity contribution in [3.05, 3.63) is 57.0 Å². The largest absolute Gasteiger partial charge is 0.506 e. The number of phenols is 1. The number of nitrogens with one attached hydrogen (secondary N) is 2. The molecule has 2 rings (SSSR count). The van der Waals surface area contributed by atoms with Crippen LogP contribution in [0.5, 0.6) is 5.75 Å². The molecule has 0 unspecified atom stereocenters. The molecule has 0 aromatic heterocycles. The molecule has 2 aromatic rings. The first-order chi connectivity index (χ1) is 10.1. The molecule has 0 spiro atoms. The highest BCUT2D eigenvalue weighted by molar-refractivity contribution is 9.11. The van der Waals surface area contributed by atoms with Crippen molar-refractivity contribution >= 4 is 61.1 Å². The Bertz CT molecular complexity index is 677. The zero-order chi connectivity index (χ0) is 15.2. The molecule has 7 heteroatoms. The molecule has 2 aromatic carbocycles. The van der Waals surface area contributed by atoms with Crippen molar-refractivity contribution in [2.75, 3.05) is 5.32 Å². The number of hydrazone groups is 1. The third kappa shape index (κ3) is 4.80. The molecule has 0 radical (unpaired) electrons. The summed E-state index contributed by atoms with van der Waals surface area (Å²) < 4.78 is 1.42. The number of para-hydroxylation sites is 1. The smallest absolute Gasteiger partial charge is 0.191 e. The number of aromatic hydroxyl groups is 1. The lowest BCUT2D eigenvalue weighted by atomic mass is 10.2. The number of halogens is 2. The van der Waals surface area contributed by atoms with E-state index in [0.29, 0.717) is 15.1 Å². The van der Waals surface area contributed by atoms with Gasteiger partial charge in [0.1, 0.15) is 5.75 Å². The fraction of sp³-hybridized carbons (Fsp3) is 0. The first-order valence-corrected chi connectivity index (χ1v) is 7.89. The zero-order valence-electron chi connectivity index (χ0n) is 10.7. The molecular weight excluding hydrogens is 418 g/mol. The standard InChI is InChI=1S/C14H11Br2N3OS/c15-10-6-9(13(20)12(16)7-10)8-17-19-14(21)18-11-4-2-1-3-5-11/h1-8,20H,(H2,18,19,21)/b17-8-. The molecule has 0 saturated carbocycles. The summed E-state index contributed by atoms with van der Waals surface area (Å²) in [4.78, 5) is 0. The van der Waals surface area contributed by atoms with E-state index in [2.05, 4.69) is 47.7 Å². The maximum absolute atomic E-state index is 9.89. The van der Waals surface area contributed by atoms with E-state index in [4.69, 9.17) is 12.2 Å². The number of nitrogens with zero attached hydrogens (tertiary/aromatic N) is 1. The van der Waals surface area contributed by atoms with Gasteiger partial charge >= 0.3 is 0 Å². The average molecular weight is 429 g/mol. The molecule has 0 aliphatic rings. The summed E-state index contributed by atoms with van der Waals surface area (Å²) in [5.74, 6) is 0.116. The molecule has 0 saturated heterocycles. The van der Waals surface area contributed by atoms with E-state index in [1.165, 1.54) is 6.21 Å². The van der Waals surface area contributed by atoms with Gasteiger partial charge in [0.15, 0.2) is 5.11 Å². The van der Waals surface area contributed by atoms with Crippen LogP contribution >= 0.6 is 44.1 Å². The van der Waals surface area contributed by atoms with E-state index in [-0.39, 0.29) is 5.75 Å². The van der Waals surface area contributed by atoms with E-state index < -0.39 is 0 Å². The molecule has 0 bridgehead atoms. The monoisotopic (exact) mass is 427 g/mol. The van der Waals surface area contributed by atoms with Gasteiger partial charge in [-0.2, -0.15) is 5.10 Å². The molecule has 3 N–H and O–H groups in total. The predicted octanol–water partition coefficient (Wildman–Crippen LogP) is 4.24. The van der Waals surface area contributed by atoms with Crippen LogP contribution in [0.2, 0.25) is 0 Å². The first kappa shape index (κ1) is 15.9. The van der Waals surface area contributed by atoms with Crippen LogP contribution in [-0.2, 0) is 0 Å². The van der Waals surface area contributed by atoms with E-state index in [1.54, 1.807) is 12.1 Å².